The summed E-state index contributed by atoms with van der Waals surface area (Å²) in [6, 6.07) is 5.43. The van der Waals surface area contributed by atoms with Crippen LogP contribution in [0.2, 0.25) is 10.0 Å². The summed E-state index contributed by atoms with van der Waals surface area (Å²) in [7, 11) is 0. The maximum atomic E-state index is 11.0. The standard InChI is InChI=1S/C13H15Cl2NO2/c1-8-5-16(7-12(8)13(17)18)6-9-2-10(14)4-11(15)3-9/h2-4,8,12H,5-7H2,1H3,(H,17,18). The van der Waals surface area contributed by atoms with E-state index < -0.39 is 5.97 Å². The molecule has 2 atom stereocenters. The third kappa shape index (κ3) is 3.16. The molecule has 1 aromatic rings. The Kier molecular flexibility index (Phi) is 4.15. The van der Waals surface area contributed by atoms with E-state index in [9.17, 15) is 4.79 Å². The van der Waals surface area contributed by atoms with E-state index in [0.717, 1.165) is 12.1 Å². The molecule has 1 fully saturated rings. The van der Waals surface area contributed by atoms with Crippen LogP contribution in [-0.4, -0.2) is 29.1 Å². The van der Waals surface area contributed by atoms with E-state index in [0.29, 0.717) is 23.1 Å². The van der Waals surface area contributed by atoms with Gasteiger partial charge in [0.2, 0.25) is 0 Å². The Bertz CT molecular complexity index is 444. The van der Waals surface area contributed by atoms with Crippen molar-refractivity contribution in [3.05, 3.63) is 33.8 Å². The summed E-state index contributed by atoms with van der Waals surface area (Å²) in [5.41, 5.74) is 1.02. The number of carboxylic acids is 1. The number of nitrogens with zero attached hydrogens (tertiary/aromatic N) is 1. The molecule has 0 radical (unpaired) electrons. The molecule has 0 bridgehead atoms. The van der Waals surface area contributed by atoms with E-state index >= 15 is 0 Å². The van der Waals surface area contributed by atoms with Crippen LogP contribution in [0.3, 0.4) is 0 Å². The summed E-state index contributed by atoms with van der Waals surface area (Å²) in [6.45, 7) is 4.04. The van der Waals surface area contributed by atoms with Gasteiger partial charge in [-0.1, -0.05) is 30.1 Å². The van der Waals surface area contributed by atoms with Gasteiger partial charge in [-0.15, -0.1) is 0 Å². The van der Waals surface area contributed by atoms with Crippen molar-refractivity contribution in [1.29, 1.82) is 0 Å². The van der Waals surface area contributed by atoms with Crippen LogP contribution >= 0.6 is 23.2 Å². The predicted molar refractivity (Wildman–Crippen MR) is 72.0 cm³/mol. The van der Waals surface area contributed by atoms with Crippen molar-refractivity contribution < 1.29 is 9.90 Å². The quantitative estimate of drug-likeness (QED) is 0.929. The van der Waals surface area contributed by atoms with Gasteiger partial charge in [0.05, 0.1) is 5.92 Å². The van der Waals surface area contributed by atoms with E-state index in [2.05, 4.69) is 4.90 Å². The molecule has 2 rings (SSSR count). The molecule has 0 aliphatic carbocycles. The van der Waals surface area contributed by atoms with Gasteiger partial charge in [0, 0.05) is 29.7 Å². The van der Waals surface area contributed by atoms with E-state index in [4.69, 9.17) is 28.3 Å². The lowest BCUT2D eigenvalue weighted by Gasteiger charge is -2.15. The van der Waals surface area contributed by atoms with E-state index in [1.165, 1.54) is 0 Å². The molecule has 1 heterocycles. The van der Waals surface area contributed by atoms with Crippen LogP contribution in [0, 0.1) is 11.8 Å². The minimum atomic E-state index is -0.714. The van der Waals surface area contributed by atoms with Gasteiger partial charge >= 0.3 is 5.97 Å². The number of benzene rings is 1. The SMILES string of the molecule is CC1CN(Cc2cc(Cl)cc(Cl)c2)CC1C(=O)O. The second kappa shape index (κ2) is 5.47. The second-order valence-electron chi connectivity index (χ2n) is 4.89. The molecule has 0 aromatic heterocycles. The van der Waals surface area contributed by atoms with Crippen molar-refractivity contribution in [2.45, 2.75) is 13.5 Å². The normalized spacial score (nSPS) is 24.4. The molecule has 1 aromatic carbocycles. The van der Waals surface area contributed by atoms with Crippen molar-refractivity contribution in [3.63, 3.8) is 0 Å². The second-order valence-corrected chi connectivity index (χ2v) is 5.77. The van der Waals surface area contributed by atoms with E-state index in [1.54, 1.807) is 6.07 Å². The fraction of sp³-hybridized carbons (Fsp3) is 0.462. The molecule has 1 aliphatic rings. The molecule has 18 heavy (non-hydrogen) atoms. The Hall–Kier alpha value is -0.770. The first-order valence-electron chi connectivity index (χ1n) is 5.86. The Morgan fingerprint density at radius 1 is 1.33 bits per heavy atom. The number of halogens is 2. The summed E-state index contributed by atoms with van der Waals surface area (Å²) >= 11 is 11.9. The van der Waals surface area contributed by atoms with Crippen molar-refractivity contribution in [2.75, 3.05) is 13.1 Å². The maximum absolute atomic E-state index is 11.0. The van der Waals surface area contributed by atoms with E-state index in [1.807, 2.05) is 19.1 Å². The van der Waals surface area contributed by atoms with Crippen molar-refractivity contribution in [3.8, 4) is 0 Å². The average molecular weight is 288 g/mol. The topological polar surface area (TPSA) is 40.5 Å². The number of hydrogen-bond acceptors (Lipinski definition) is 2. The molecule has 2 unspecified atom stereocenters. The zero-order chi connectivity index (χ0) is 13.3. The smallest absolute Gasteiger partial charge is 0.308 e. The Balaban J connectivity index is 2.05. The molecule has 0 saturated carbocycles. The third-order valence-electron chi connectivity index (χ3n) is 3.33. The van der Waals surface area contributed by atoms with Crippen LogP contribution < -0.4 is 0 Å². The Morgan fingerprint density at radius 3 is 2.44 bits per heavy atom. The van der Waals surface area contributed by atoms with Gasteiger partial charge in [0.15, 0.2) is 0 Å². The summed E-state index contributed by atoms with van der Waals surface area (Å²) in [4.78, 5) is 13.2. The maximum Gasteiger partial charge on any atom is 0.308 e. The largest absolute Gasteiger partial charge is 0.481 e. The summed E-state index contributed by atoms with van der Waals surface area (Å²) < 4.78 is 0. The molecular formula is C13H15Cl2NO2. The first kappa shape index (κ1) is 13.7. The van der Waals surface area contributed by atoms with Gasteiger partial charge < -0.3 is 5.11 Å². The zero-order valence-corrected chi connectivity index (χ0v) is 11.6. The number of rotatable bonds is 3. The molecule has 1 saturated heterocycles. The number of hydrogen-bond donors (Lipinski definition) is 1. The van der Waals surface area contributed by atoms with Gasteiger partial charge in [-0.3, -0.25) is 9.69 Å². The van der Waals surface area contributed by atoms with Gasteiger partial charge in [-0.25, -0.2) is 0 Å². The first-order valence-corrected chi connectivity index (χ1v) is 6.61. The predicted octanol–water partition coefficient (Wildman–Crippen LogP) is 3.15. The Morgan fingerprint density at radius 2 is 1.94 bits per heavy atom. The number of aliphatic carboxylic acids is 1. The van der Waals surface area contributed by atoms with Crippen molar-refractivity contribution >= 4 is 29.2 Å². The molecule has 0 spiro atoms. The van der Waals surface area contributed by atoms with Gasteiger partial charge in [0.1, 0.15) is 0 Å². The minimum absolute atomic E-state index is 0.178. The lowest BCUT2D eigenvalue weighted by Crippen LogP contribution is -2.23. The number of likely N-dealkylation sites (tertiary alicyclic amines) is 1. The lowest BCUT2D eigenvalue weighted by molar-refractivity contribution is -0.142. The van der Waals surface area contributed by atoms with Crippen LogP contribution in [0.5, 0.6) is 0 Å². The van der Waals surface area contributed by atoms with Crippen LogP contribution in [-0.2, 0) is 11.3 Å². The minimum Gasteiger partial charge on any atom is -0.481 e. The summed E-state index contributed by atoms with van der Waals surface area (Å²) in [5, 5.41) is 10.3. The highest BCUT2D eigenvalue weighted by Crippen LogP contribution is 2.26. The lowest BCUT2D eigenvalue weighted by atomic mass is 9.99. The Labute approximate surface area is 116 Å². The van der Waals surface area contributed by atoms with Crippen LogP contribution in [0.1, 0.15) is 12.5 Å². The molecule has 3 nitrogen and oxygen atoms in total. The van der Waals surface area contributed by atoms with Crippen LogP contribution in [0.15, 0.2) is 18.2 Å². The van der Waals surface area contributed by atoms with Crippen molar-refractivity contribution in [1.82, 2.24) is 4.90 Å². The van der Waals surface area contributed by atoms with E-state index in [-0.39, 0.29) is 11.8 Å². The number of carboxylic acid groups (broad SMARTS) is 1. The van der Waals surface area contributed by atoms with Crippen molar-refractivity contribution in [2.24, 2.45) is 11.8 Å². The molecule has 0 amide bonds. The zero-order valence-electron chi connectivity index (χ0n) is 10.1. The van der Waals surface area contributed by atoms with Crippen LogP contribution in [0.25, 0.3) is 0 Å². The molecule has 1 aliphatic heterocycles. The molecule has 5 heteroatoms. The highest BCUT2D eigenvalue weighted by atomic mass is 35.5. The van der Waals surface area contributed by atoms with Gasteiger partial charge in [-0.05, 0) is 29.7 Å². The summed E-state index contributed by atoms with van der Waals surface area (Å²) in [6.07, 6.45) is 0. The molecule has 98 valence electrons. The monoisotopic (exact) mass is 287 g/mol. The average Bonchev–Trinajstić information content (AvgIpc) is 2.57. The highest BCUT2D eigenvalue weighted by Gasteiger charge is 2.34. The fourth-order valence-electron chi connectivity index (χ4n) is 2.48. The van der Waals surface area contributed by atoms with Crippen LogP contribution in [0.4, 0.5) is 0 Å². The third-order valence-corrected chi connectivity index (χ3v) is 3.77. The number of carbonyl (C=O) groups is 1. The van der Waals surface area contributed by atoms with Gasteiger partial charge in [-0.2, -0.15) is 0 Å². The molecular weight excluding hydrogens is 273 g/mol. The fourth-order valence-corrected chi connectivity index (χ4v) is 3.05. The first-order chi connectivity index (χ1) is 8.45. The van der Waals surface area contributed by atoms with Gasteiger partial charge in [0.25, 0.3) is 0 Å². The highest BCUT2D eigenvalue weighted by molar-refractivity contribution is 6.34. The molecule has 1 N–H and O–H groups in total. The summed E-state index contributed by atoms with van der Waals surface area (Å²) in [5.74, 6) is -0.814.